The molecule has 0 aromatic heterocycles. The van der Waals surface area contributed by atoms with Crippen molar-refractivity contribution in [1.82, 2.24) is 0 Å². The van der Waals surface area contributed by atoms with Crippen LogP contribution in [0.3, 0.4) is 0 Å². The Balaban J connectivity index is 2.64. The summed E-state index contributed by atoms with van der Waals surface area (Å²) in [6.45, 7) is 2.94. The molecule has 1 unspecified atom stereocenters. The van der Waals surface area contributed by atoms with Crippen molar-refractivity contribution in [2.24, 2.45) is 0 Å². The fourth-order valence-corrected chi connectivity index (χ4v) is 1.95. The van der Waals surface area contributed by atoms with E-state index in [0.29, 0.717) is 5.56 Å². The molecule has 2 aromatic carbocycles. The lowest BCUT2D eigenvalue weighted by atomic mass is 9.86. The van der Waals surface area contributed by atoms with Gasteiger partial charge in [0, 0.05) is 11.1 Å². The third-order valence-corrected chi connectivity index (χ3v) is 3.08. The van der Waals surface area contributed by atoms with E-state index in [1.54, 1.807) is 30.3 Å². The molecule has 0 saturated carbocycles. The molecule has 2 aromatic rings. The molecule has 0 amide bonds. The molecule has 1 atom stereocenters. The molecule has 0 bridgehead atoms. The molecule has 114 valence electrons. The monoisotopic (exact) mass is 302 g/mol. The summed E-state index contributed by atoms with van der Waals surface area (Å²) in [5, 5.41) is 20.7. The minimum atomic E-state index is -1.85. The molecule has 0 aliphatic carbocycles. The molecule has 22 heavy (non-hydrogen) atoms. The van der Waals surface area contributed by atoms with Crippen LogP contribution in [0.15, 0.2) is 48.5 Å². The smallest absolute Gasteiger partial charge is 0.177 e. The molecular weight excluding hydrogens is 286 g/mol. The summed E-state index contributed by atoms with van der Waals surface area (Å²) in [6.07, 6.45) is 0. The second-order valence-electron chi connectivity index (χ2n) is 5.51. The van der Waals surface area contributed by atoms with Gasteiger partial charge in [0.2, 0.25) is 0 Å². The van der Waals surface area contributed by atoms with E-state index in [1.807, 2.05) is 0 Å². The zero-order valence-electron chi connectivity index (χ0n) is 12.3. The van der Waals surface area contributed by atoms with Crippen LogP contribution in [0.25, 0.3) is 0 Å². The lowest BCUT2D eigenvalue weighted by Crippen LogP contribution is -2.27. The molecule has 0 saturated heterocycles. The van der Waals surface area contributed by atoms with Crippen LogP contribution in [-0.4, -0.2) is 15.8 Å². The van der Waals surface area contributed by atoms with Crippen LogP contribution in [0, 0.1) is 23.5 Å². The van der Waals surface area contributed by atoms with E-state index >= 15 is 0 Å². The first-order valence-corrected chi connectivity index (χ1v) is 6.72. The van der Waals surface area contributed by atoms with Crippen LogP contribution in [0.4, 0.5) is 8.78 Å². The van der Waals surface area contributed by atoms with Crippen LogP contribution in [-0.2, 0) is 5.60 Å². The minimum absolute atomic E-state index is 0.0920. The molecule has 2 nitrogen and oxygen atoms in total. The Morgan fingerprint density at radius 2 is 1.45 bits per heavy atom. The zero-order chi connectivity index (χ0) is 16.4. The van der Waals surface area contributed by atoms with Crippen LogP contribution in [0.2, 0.25) is 0 Å². The average Bonchev–Trinajstić information content (AvgIpc) is 2.48. The summed E-state index contributed by atoms with van der Waals surface area (Å²) < 4.78 is 26.6. The van der Waals surface area contributed by atoms with Crippen molar-refractivity contribution in [3.05, 3.63) is 71.3 Å². The largest absolute Gasteiger partial charge is 0.378 e. The van der Waals surface area contributed by atoms with Gasteiger partial charge in [-0.05, 0) is 26.0 Å². The van der Waals surface area contributed by atoms with E-state index in [9.17, 15) is 19.0 Å². The molecular formula is C18H16F2O2. The van der Waals surface area contributed by atoms with Gasteiger partial charge in [0.15, 0.2) is 17.2 Å². The highest BCUT2D eigenvalue weighted by atomic mass is 19.2. The van der Waals surface area contributed by atoms with Gasteiger partial charge in [-0.2, -0.15) is 0 Å². The van der Waals surface area contributed by atoms with Crippen molar-refractivity contribution in [1.29, 1.82) is 0 Å². The third-order valence-electron chi connectivity index (χ3n) is 3.08. The quantitative estimate of drug-likeness (QED) is 0.837. The van der Waals surface area contributed by atoms with Crippen LogP contribution < -0.4 is 0 Å². The molecule has 0 spiro atoms. The van der Waals surface area contributed by atoms with Crippen molar-refractivity contribution in [2.45, 2.75) is 25.0 Å². The summed E-state index contributed by atoms with van der Waals surface area (Å²) in [5.41, 5.74) is -2.69. The predicted molar refractivity (Wildman–Crippen MR) is 79.9 cm³/mol. The second kappa shape index (κ2) is 5.88. The molecule has 4 heteroatoms. The van der Waals surface area contributed by atoms with E-state index in [-0.39, 0.29) is 5.56 Å². The first-order valence-electron chi connectivity index (χ1n) is 6.72. The molecule has 0 radical (unpaired) electrons. The predicted octanol–water partition coefficient (Wildman–Crippen LogP) is 2.98. The molecule has 2 rings (SSSR count). The first-order chi connectivity index (χ1) is 10.2. The van der Waals surface area contributed by atoms with Gasteiger partial charge in [-0.3, -0.25) is 0 Å². The molecule has 0 aliphatic heterocycles. The van der Waals surface area contributed by atoms with Crippen molar-refractivity contribution >= 4 is 0 Å². The lowest BCUT2D eigenvalue weighted by Gasteiger charge is -2.24. The number of hydrogen-bond donors (Lipinski definition) is 2. The Kier molecular flexibility index (Phi) is 4.32. The molecule has 2 N–H and O–H groups in total. The van der Waals surface area contributed by atoms with Gasteiger partial charge in [0.05, 0.1) is 0 Å². The van der Waals surface area contributed by atoms with Gasteiger partial charge in [0.1, 0.15) is 5.60 Å². The van der Waals surface area contributed by atoms with Gasteiger partial charge >= 0.3 is 0 Å². The number of halogens is 2. The first kappa shape index (κ1) is 16.2. The summed E-state index contributed by atoms with van der Waals surface area (Å²) in [6, 6.07) is 11.5. The lowest BCUT2D eigenvalue weighted by molar-refractivity contribution is 0.132. The highest BCUT2D eigenvalue weighted by Gasteiger charge is 2.31. The highest BCUT2D eigenvalue weighted by molar-refractivity contribution is 5.45. The van der Waals surface area contributed by atoms with Gasteiger partial charge in [-0.1, -0.05) is 48.2 Å². The van der Waals surface area contributed by atoms with Crippen LogP contribution in [0.5, 0.6) is 0 Å². The van der Waals surface area contributed by atoms with Crippen molar-refractivity contribution in [3.63, 3.8) is 0 Å². The van der Waals surface area contributed by atoms with Crippen LogP contribution in [0.1, 0.15) is 25.0 Å². The van der Waals surface area contributed by atoms with E-state index < -0.39 is 22.8 Å². The zero-order valence-corrected chi connectivity index (χ0v) is 12.3. The van der Waals surface area contributed by atoms with E-state index in [4.69, 9.17) is 0 Å². The number of rotatable bonds is 2. The Labute approximate surface area is 128 Å². The Bertz CT molecular complexity index is 724. The Morgan fingerprint density at radius 3 is 2.00 bits per heavy atom. The van der Waals surface area contributed by atoms with Crippen molar-refractivity contribution < 1.29 is 19.0 Å². The number of hydrogen-bond acceptors (Lipinski definition) is 2. The number of aliphatic hydroxyl groups is 2. The summed E-state index contributed by atoms with van der Waals surface area (Å²) >= 11 is 0. The van der Waals surface area contributed by atoms with Gasteiger partial charge in [0.25, 0.3) is 0 Å². The summed E-state index contributed by atoms with van der Waals surface area (Å²) in [7, 11) is 0. The maximum absolute atomic E-state index is 13.5. The molecule has 0 heterocycles. The van der Waals surface area contributed by atoms with Gasteiger partial charge in [-0.25, -0.2) is 8.78 Å². The van der Waals surface area contributed by atoms with Crippen LogP contribution >= 0.6 is 0 Å². The summed E-state index contributed by atoms with van der Waals surface area (Å²) in [5.74, 6) is 3.04. The van der Waals surface area contributed by atoms with Gasteiger partial charge < -0.3 is 10.2 Å². The maximum atomic E-state index is 13.5. The highest BCUT2D eigenvalue weighted by Crippen LogP contribution is 2.30. The van der Waals surface area contributed by atoms with E-state index in [1.165, 1.54) is 19.9 Å². The average molecular weight is 302 g/mol. The molecule has 0 aliphatic rings. The Morgan fingerprint density at radius 1 is 0.818 bits per heavy atom. The third kappa shape index (κ3) is 3.51. The maximum Gasteiger partial charge on any atom is 0.177 e. The van der Waals surface area contributed by atoms with Crippen molar-refractivity contribution in [3.8, 4) is 11.8 Å². The fraction of sp³-hybridized carbons (Fsp3) is 0.222. The standard InChI is InChI=1S/C18H16F2O2/c1-17(2,21)10-11-18(22,13-6-4-3-5-7-13)14-8-9-15(19)16(20)12-14/h3-9,12,21-22H,1-2H3. The second-order valence-corrected chi connectivity index (χ2v) is 5.51. The van der Waals surface area contributed by atoms with Crippen molar-refractivity contribution in [2.75, 3.05) is 0 Å². The molecule has 0 fully saturated rings. The van der Waals surface area contributed by atoms with Gasteiger partial charge in [-0.15, -0.1) is 0 Å². The van der Waals surface area contributed by atoms with E-state index in [0.717, 1.165) is 12.1 Å². The Hall–Kier alpha value is -2.22. The topological polar surface area (TPSA) is 40.5 Å². The SMILES string of the molecule is CC(C)(O)C#CC(O)(c1ccccc1)c1ccc(F)c(F)c1. The van der Waals surface area contributed by atoms with E-state index in [2.05, 4.69) is 11.8 Å². The fourth-order valence-electron chi connectivity index (χ4n) is 1.95. The summed E-state index contributed by atoms with van der Waals surface area (Å²) in [4.78, 5) is 0. The minimum Gasteiger partial charge on any atom is -0.378 e. The number of benzene rings is 2. The normalized spacial score (nSPS) is 13.9.